The monoisotopic (exact) mass is 497 g/mol. The standard InChI is InChI=1S/C23H18Cl3N7/c1-28-20-17-19(13-5-4-8-16(25)18(13)26)31-32-21(17)30-22(29-20)33-11-9-23(27,10-12-33)14-6-2-3-7-15(14)24/h2-8H,9-12,27H2,(H,29,30,31,32). The molecule has 0 unspecified atom stereocenters. The van der Waals surface area contributed by atoms with E-state index in [-0.39, 0.29) is 5.82 Å². The molecule has 1 saturated heterocycles. The van der Waals surface area contributed by atoms with Gasteiger partial charge in [-0.15, -0.1) is 0 Å². The van der Waals surface area contributed by atoms with Crippen LogP contribution in [-0.2, 0) is 5.54 Å². The van der Waals surface area contributed by atoms with E-state index in [1.54, 1.807) is 12.1 Å². The Morgan fingerprint density at radius 1 is 1.00 bits per heavy atom. The average molecular weight is 499 g/mol. The van der Waals surface area contributed by atoms with Gasteiger partial charge in [0.2, 0.25) is 0 Å². The highest BCUT2D eigenvalue weighted by atomic mass is 35.5. The predicted octanol–water partition coefficient (Wildman–Crippen LogP) is 5.99. The number of nitrogens with two attached hydrogens (primary N) is 1. The SMILES string of the molecule is [C-]#[N+]c1nc(N2CCC(N)(c3ccccc3Cl)CC2)nc2n[nH]c(-c3cccc(Cl)c3Cl)c12. The summed E-state index contributed by atoms with van der Waals surface area (Å²) in [6.07, 6.45) is 1.35. The number of anilines is 1. The summed E-state index contributed by atoms with van der Waals surface area (Å²) in [5.74, 6) is 0.649. The lowest BCUT2D eigenvalue weighted by Crippen LogP contribution is -2.48. The number of aromatic nitrogens is 4. The Kier molecular flexibility index (Phi) is 5.63. The van der Waals surface area contributed by atoms with E-state index in [4.69, 9.17) is 47.1 Å². The molecule has 0 amide bonds. The van der Waals surface area contributed by atoms with E-state index in [0.717, 1.165) is 5.56 Å². The highest BCUT2D eigenvalue weighted by Crippen LogP contribution is 2.40. The van der Waals surface area contributed by atoms with Gasteiger partial charge in [-0.1, -0.05) is 76.7 Å². The minimum absolute atomic E-state index is 0.200. The van der Waals surface area contributed by atoms with Crippen molar-refractivity contribution in [2.45, 2.75) is 18.4 Å². The molecule has 33 heavy (non-hydrogen) atoms. The summed E-state index contributed by atoms with van der Waals surface area (Å²) in [5, 5.41) is 9.25. The molecule has 1 fully saturated rings. The molecule has 0 atom stereocenters. The van der Waals surface area contributed by atoms with E-state index < -0.39 is 5.54 Å². The van der Waals surface area contributed by atoms with Crippen LogP contribution >= 0.6 is 34.8 Å². The molecule has 3 N–H and O–H groups in total. The van der Waals surface area contributed by atoms with Gasteiger partial charge in [0, 0.05) is 29.2 Å². The number of hydrogen-bond donors (Lipinski definition) is 2. The molecule has 1 aliphatic heterocycles. The number of aromatic amines is 1. The van der Waals surface area contributed by atoms with Gasteiger partial charge in [-0.05, 0) is 30.5 Å². The molecular formula is C23H18Cl3N7. The van der Waals surface area contributed by atoms with Gasteiger partial charge in [-0.2, -0.15) is 10.1 Å². The van der Waals surface area contributed by atoms with E-state index in [1.165, 1.54) is 0 Å². The minimum Gasteiger partial charge on any atom is -0.360 e. The molecule has 166 valence electrons. The number of hydrogen-bond acceptors (Lipinski definition) is 5. The van der Waals surface area contributed by atoms with Gasteiger partial charge >= 0.3 is 5.95 Å². The second-order valence-corrected chi connectivity index (χ2v) is 9.17. The van der Waals surface area contributed by atoms with Crippen molar-refractivity contribution in [3.05, 3.63) is 74.5 Å². The fourth-order valence-electron chi connectivity index (χ4n) is 4.25. The summed E-state index contributed by atoms with van der Waals surface area (Å²) < 4.78 is 0. The minimum atomic E-state index is -0.523. The van der Waals surface area contributed by atoms with E-state index in [9.17, 15) is 0 Å². The second-order valence-electron chi connectivity index (χ2n) is 7.98. The number of halogens is 3. The van der Waals surface area contributed by atoms with Crippen LogP contribution in [0.15, 0.2) is 42.5 Å². The molecule has 0 bridgehead atoms. The molecule has 0 aliphatic carbocycles. The van der Waals surface area contributed by atoms with E-state index >= 15 is 0 Å². The first-order chi connectivity index (χ1) is 15.9. The van der Waals surface area contributed by atoms with Crippen LogP contribution in [0.4, 0.5) is 11.8 Å². The Bertz CT molecular complexity index is 1400. The van der Waals surface area contributed by atoms with Crippen molar-refractivity contribution in [3.63, 3.8) is 0 Å². The molecular weight excluding hydrogens is 481 g/mol. The number of piperidine rings is 1. The fraction of sp³-hybridized carbons (Fsp3) is 0.217. The van der Waals surface area contributed by atoms with Crippen molar-refractivity contribution in [2.24, 2.45) is 5.73 Å². The molecule has 3 heterocycles. The number of nitrogens with zero attached hydrogens (tertiary/aromatic N) is 5. The molecule has 2 aromatic carbocycles. The average Bonchev–Trinajstić information content (AvgIpc) is 3.25. The third-order valence-electron chi connectivity index (χ3n) is 6.06. The summed E-state index contributed by atoms with van der Waals surface area (Å²) in [7, 11) is 0. The quantitative estimate of drug-likeness (QED) is 0.339. The summed E-state index contributed by atoms with van der Waals surface area (Å²) in [6, 6.07) is 13.0. The zero-order chi connectivity index (χ0) is 23.2. The van der Waals surface area contributed by atoms with Crippen LogP contribution in [0.1, 0.15) is 18.4 Å². The lowest BCUT2D eigenvalue weighted by atomic mass is 9.82. The number of rotatable bonds is 3. The maximum Gasteiger partial charge on any atom is 0.324 e. The van der Waals surface area contributed by atoms with Crippen molar-refractivity contribution in [2.75, 3.05) is 18.0 Å². The van der Waals surface area contributed by atoms with Gasteiger partial charge < -0.3 is 15.5 Å². The van der Waals surface area contributed by atoms with E-state index in [2.05, 4.69) is 25.0 Å². The molecule has 0 spiro atoms. The summed E-state index contributed by atoms with van der Waals surface area (Å²) >= 11 is 19.0. The molecule has 0 radical (unpaired) electrons. The highest BCUT2D eigenvalue weighted by molar-refractivity contribution is 6.43. The number of fused-ring (bicyclic) bond motifs is 1. The van der Waals surface area contributed by atoms with E-state index in [1.807, 2.05) is 35.2 Å². The molecule has 2 aromatic heterocycles. The van der Waals surface area contributed by atoms with Crippen LogP contribution in [0.3, 0.4) is 0 Å². The first-order valence-electron chi connectivity index (χ1n) is 10.3. The largest absolute Gasteiger partial charge is 0.360 e. The number of benzene rings is 2. The van der Waals surface area contributed by atoms with Crippen LogP contribution in [0.25, 0.3) is 27.1 Å². The van der Waals surface area contributed by atoms with Crippen molar-refractivity contribution in [3.8, 4) is 11.3 Å². The van der Waals surface area contributed by atoms with Crippen molar-refractivity contribution in [1.82, 2.24) is 20.2 Å². The summed E-state index contributed by atoms with van der Waals surface area (Å²) in [6.45, 7) is 8.96. The van der Waals surface area contributed by atoms with Gasteiger partial charge in [0.25, 0.3) is 5.82 Å². The summed E-state index contributed by atoms with van der Waals surface area (Å²) in [4.78, 5) is 14.9. The van der Waals surface area contributed by atoms with Crippen LogP contribution < -0.4 is 10.6 Å². The predicted molar refractivity (Wildman–Crippen MR) is 132 cm³/mol. The second kappa shape index (κ2) is 8.47. The maximum atomic E-state index is 7.71. The third-order valence-corrected chi connectivity index (χ3v) is 7.21. The van der Waals surface area contributed by atoms with Crippen molar-refractivity contribution >= 4 is 57.6 Å². The Hall–Kier alpha value is -2.89. The molecule has 0 saturated carbocycles. The molecule has 1 aliphatic rings. The normalized spacial score (nSPS) is 15.5. The van der Waals surface area contributed by atoms with Gasteiger partial charge in [0.15, 0.2) is 5.65 Å². The van der Waals surface area contributed by atoms with Crippen LogP contribution in [0, 0.1) is 6.57 Å². The van der Waals surface area contributed by atoms with Crippen LogP contribution in [-0.4, -0.2) is 33.3 Å². The lowest BCUT2D eigenvalue weighted by molar-refractivity contribution is 0.341. The van der Waals surface area contributed by atoms with Crippen molar-refractivity contribution < 1.29 is 0 Å². The Labute approximate surface area is 205 Å². The molecule has 4 aromatic rings. The Balaban J connectivity index is 1.48. The zero-order valence-corrected chi connectivity index (χ0v) is 19.6. The highest BCUT2D eigenvalue weighted by Gasteiger charge is 2.35. The summed E-state index contributed by atoms with van der Waals surface area (Å²) in [5.41, 5.74) is 8.74. The molecule has 10 heteroatoms. The maximum absolute atomic E-state index is 7.71. The van der Waals surface area contributed by atoms with Gasteiger partial charge in [0.05, 0.1) is 21.1 Å². The van der Waals surface area contributed by atoms with Crippen LogP contribution in [0.5, 0.6) is 0 Å². The third kappa shape index (κ3) is 3.79. The van der Waals surface area contributed by atoms with Gasteiger partial charge in [-0.25, -0.2) is 0 Å². The first-order valence-corrected chi connectivity index (χ1v) is 11.4. The molecule has 5 rings (SSSR count). The lowest BCUT2D eigenvalue weighted by Gasteiger charge is -2.39. The number of nitrogens with one attached hydrogen (secondary N) is 1. The topological polar surface area (TPSA) is 88.1 Å². The van der Waals surface area contributed by atoms with E-state index in [0.29, 0.717) is 69.2 Å². The molecule has 7 nitrogen and oxygen atoms in total. The van der Waals surface area contributed by atoms with Crippen LogP contribution in [0.2, 0.25) is 15.1 Å². The number of H-pyrrole nitrogens is 1. The van der Waals surface area contributed by atoms with Gasteiger partial charge in [0.1, 0.15) is 0 Å². The first kappa shape index (κ1) is 21.9. The van der Waals surface area contributed by atoms with Crippen molar-refractivity contribution in [1.29, 1.82) is 0 Å². The Morgan fingerprint density at radius 3 is 2.45 bits per heavy atom. The van der Waals surface area contributed by atoms with Gasteiger partial charge in [-0.3, -0.25) is 5.10 Å². The fourth-order valence-corrected chi connectivity index (χ4v) is 4.97. The zero-order valence-electron chi connectivity index (χ0n) is 17.3. The smallest absolute Gasteiger partial charge is 0.324 e. The Morgan fingerprint density at radius 2 is 1.73 bits per heavy atom.